The number of aryl methyl sites for hydroxylation is 1. The molecular formula is C20H24N4O3. The number of nitrogens with zero attached hydrogens (tertiary/aromatic N) is 4. The minimum atomic E-state index is 0.210. The van der Waals surface area contributed by atoms with Gasteiger partial charge in [-0.2, -0.15) is 5.10 Å². The lowest BCUT2D eigenvalue weighted by Crippen LogP contribution is -2.38. The fourth-order valence-electron chi connectivity index (χ4n) is 3.45. The van der Waals surface area contributed by atoms with Crippen molar-refractivity contribution in [2.24, 2.45) is 0 Å². The van der Waals surface area contributed by atoms with Crippen LogP contribution in [-0.4, -0.2) is 64.7 Å². The summed E-state index contributed by atoms with van der Waals surface area (Å²) < 4.78 is 12.7. The average molecular weight is 368 g/mol. The van der Waals surface area contributed by atoms with Crippen molar-refractivity contribution < 1.29 is 14.6 Å². The maximum Gasteiger partial charge on any atom is 0.127 e. The van der Waals surface area contributed by atoms with Crippen LogP contribution in [0.15, 0.2) is 30.6 Å². The zero-order chi connectivity index (χ0) is 18.8. The summed E-state index contributed by atoms with van der Waals surface area (Å²) in [5, 5.41) is 15.6. The number of pyridine rings is 1. The molecule has 1 saturated heterocycles. The normalized spacial score (nSPS) is 15.3. The summed E-state index contributed by atoms with van der Waals surface area (Å²) in [6, 6.07) is 5.37. The van der Waals surface area contributed by atoms with Gasteiger partial charge in [0.05, 0.1) is 44.3 Å². The molecule has 0 bridgehead atoms. The van der Waals surface area contributed by atoms with Gasteiger partial charge in [0.15, 0.2) is 0 Å². The highest BCUT2D eigenvalue weighted by molar-refractivity contribution is 5.91. The summed E-state index contributed by atoms with van der Waals surface area (Å²) in [4.78, 5) is 7.13. The highest BCUT2D eigenvalue weighted by Crippen LogP contribution is 2.34. The third-order valence-corrected chi connectivity index (χ3v) is 5.06. The summed E-state index contributed by atoms with van der Waals surface area (Å²) >= 11 is 0. The molecule has 1 aliphatic heterocycles. The van der Waals surface area contributed by atoms with Gasteiger partial charge in [0, 0.05) is 48.4 Å². The molecule has 0 amide bonds. The van der Waals surface area contributed by atoms with Crippen LogP contribution in [0.1, 0.15) is 5.56 Å². The van der Waals surface area contributed by atoms with Crippen molar-refractivity contribution in [2.45, 2.75) is 13.5 Å². The standard InChI is InChI=1S/C20H24N4O3/c1-14-19(26-2)4-3-16-18(25)11-17(22-20(14)16)15-12-21-24(13-15)6-5-23-7-9-27-10-8-23/h3-4,11-13H,5-10H2,1-2H3,(H,22,25). The number of rotatable bonds is 5. The Hall–Kier alpha value is -2.64. The zero-order valence-electron chi connectivity index (χ0n) is 15.7. The molecule has 0 unspecified atom stereocenters. The molecule has 0 atom stereocenters. The van der Waals surface area contributed by atoms with Gasteiger partial charge in [-0.05, 0) is 19.1 Å². The molecule has 0 saturated carbocycles. The second kappa shape index (κ2) is 7.54. The van der Waals surface area contributed by atoms with Crippen molar-refractivity contribution in [2.75, 3.05) is 40.0 Å². The molecule has 142 valence electrons. The van der Waals surface area contributed by atoms with Crippen molar-refractivity contribution in [3.63, 3.8) is 0 Å². The smallest absolute Gasteiger partial charge is 0.127 e. The van der Waals surface area contributed by atoms with Crippen molar-refractivity contribution in [1.29, 1.82) is 0 Å². The Morgan fingerprint density at radius 3 is 2.81 bits per heavy atom. The third-order valence-electron chi connectivity index (χ3n) is 5.06. The quantitative estimate of drug-likeness (QED) is 0.746. The summed E-state index contributed by atoms with van der Waals surface area (Å²) in [6.45, 7) is 7.23. The van der Waals surface area contributed by atoms with Crippen molar-refractivity contribution in [3.05, 3.63) is 36.2 Å². The van der Waals surface area contributed by atoms with Gasteiger partial charge in [0.25, 0.3) is 0 Å². The number of morpholine rings is 1. The number of aromatic nitrogens is 3. The first-order valence-electron chi connectivity index (χ1n) is 9.16. The molecule has 7 heteroatoms. The van der Waals surface area contributed by atoms with Gasteiger partial charge in [-0.15, -0.1) is 0 Å². The predicted octanol–water partition coefficient (Wildman–Crippen LogP) is 2.45. The Kier molecular flexibility index (Phi) is 4.96. The largest absolute Gasteiger partial charge is 0.507 e. The molecule has 1 N–H and O–H groups in total. The maximum atomic E-state index is 10.5. The molecule has 1 fully saturated rings. The monoisotopic (exact) mass is 368 g/mol. The molecule has 3 aromatic rings. The highest BCUT2D eigenvalue weighted by Gasteiger charge is 2.14. The fraction of sp³-hybridized carbons (Fsp3) is 0.400. The lowest BCUT2D eigenvalue weighted by atomic mass is 10.1. The van der Waals surface area contributed by atoms with E-state index < -0.39 is 0 Å². The van der Waals surface area contributed by atoms with Crippen LogP contribution in [0.25, 0.3) is 22.2 Å². The van der Waals surface area contributed by atoms with E-state index in [1.54, 1.807) is 19.4 Å². The molecule has 1 aliphatic rings. The summed E-state index contributed by atoms with van der Waals surface area (Å²) in [6.07, 6.45) is 3.77. The molecule has 0 spiro atoms. The van der Waals surface area contributed by atoms with Crippen LogP contribution in [0.4, 0.5) is 0 Å². The first kappa shape index (κ1) is 17.8. The van der Waals surface area contributed by atoms with Crippen molar-refractivity contribution in [3.8, 4) is 22.8 Å². The minimum absolute atomic E-state index is 0.210. The topological polar surface area (TPSA) is 72.6 Å². The highest BCUT2D eigenvalue weighted by atomic mass is 16.5. The Balaban J connectivity index is 1.58. The second-order valence-corrected chi connectivity index (χ2v) is 6.76. The van der Waals surface area contributed by atoms with Gasteiger partial charge >= 0.3 is 0 Å². The summed E-state index contributed by atoms with van der Waals surface area (Å²) in [5.41, 5.74) is 3.24. The molecule has 3 heterocycles. The van der Waals surface area contributed by atoms with Gasteiger partial charge in [-0.25, -0.2) is 4.98 Å². The minimum Gasteiger partial charge on any atom is -0.507 e. The van der Waals surface area contributed by atoms with E-state index in [-0.39, 0.29) is 5.75 Å². The number of fused-ring (bicyclic) bond motifs is 1. The predicted molar refractivity (Wildman–Crippen MR) is 103 cm³/mol. The van der Waals surface area contributed by atoms with Crippen LogP contribution in [0.2, 0.25) is 0 Å². The number of ether oxygens (including phenoxy) is 2. The number of hydrogen-bond acceptors (Lipinski definition) is 6. The van der Waals surface area contributed by atoms with E-state index in [1.807, 2.05) is 29.9 Å². The third kappa shape index (κ3) is 3.61. The van der Waals surface area contributed by atoms with E-state index in [0.717, 1.165) is 67.2 Å². The van der Waals surface area contributed by atoms with E-state index in [9.17, 15) is 5.11 Å². The molecule has 4 rings (SSSR count). The zero-order valence-corrected chi connectivity index (χ0v) is 15.7. The first-order valence-corrected chi connectivity index (χ1v) is 9.16. The van der Waals surface area contributed by atoms with E-state index >= 15 is 0 Å². The van der Waals surface area contributed by atoms with E-state index in [0.29, 0.717) is 5.69 Å². The lowest BCUT2D eigenvalue weighted by Gasteiger charge is -2.26. The maximum absolute atomic E-state index is 10.5. The van der Waals surface area contributed by atoms with E-state index in [4.69, 9.17) is 14.5 Å². The molecule has 7 nitrogen and oxygen atoms in total. The number of methoxy groups -OCH3 is 1. The molecule has 0 aliphatic carbocycles. The van der Waals surface area contributed by atoms with Gasteiger partial charge in [0.1, 0.15) is 11.5 Å². The second-order valence-electron chi connectivity index (χ2n) is 6.76. The Bertz CT molecular complexity index is 948. The first-order chi connectivity index (χ1) is 13.2. The molecule has 0 radical (unpaired) electrons. The van der Waals surface area contributed by atoms with Crippen LogP contribution in [0.3, 0.4) is 0 Å². The Morgan fingerprint density at radius 2 is 2.04 bits per heavy atom. The lowest BCUT2D eigenvalue weighted by molar-refractivity contribution is 0.0360. The number of hydrogen-bond donors (Lipinski definition) is 1. The summed E-state index contributed by atoms with van der Waals surface area (Å²) in [7, 11) is 1.64. The van der Waals surface area contributed by atoms with Crippen molar-refractivity contribution in [1.82, 2.24) is 19.7 Å². The van der Waals surface area contributed by atoms with Crippen LogP contribution in [0.5, 0.6) is 11.5 Å². The molecule has 2 aromatic heterocycles. The average Bonchev–Trinajstić information content (AvgIpc) is 3.17. The Labute approximate surface area is 158 Å². The molecule has 1 aromatic carbocycles. The van der Waals surface area contributed by atoms with Gasteiger partial charge in [-0.1, -0.05) is 0 Å². The van der Waals surface area contributed by atoms with Gasteiger partial charge in [0.2, 0.25) is 0 Å². The number of aromatic hydroxyl groups is 1. The van der Waals surface area contributed by atoms with E-state index in [1.165, 1.54) is 0 Å². The van der Waals surface area contributed by atoms with Crippen molar-refractivity contribution >= 4 is 10.9 Å². The molecule has 27 heavy (non-hydrogen) atoms. The van der Waals surface area contributed by atoms with Gasteiger partial charge in [-0.3, -0.25) is 9.58 Å². The Morgan fingerprint density at radius 1 is 1.22 bits per heavy atom. The van der Waals surface area contributed by atoms with Crippen LogP contribution in [0, 0.1) is 6.92 Å². The van der Waals surface area contributed by atoms with Crippen LogP contribution >= 0.6 is 0 Å². The van der Waals surface area contributed by atoms with E-state index in [2.05, 4.69) is 10.00 Å². The van der Waals surface area contributed by atoms with Gasteiger partial charge < -0.3 is 14.6 Å². The SMILES string of the molecule is COc1ccc2c(O)cc(-c3cnn(CCN4CCOCC4)c3)nc2c1C. The number of benzene rings is 1. The molecular weight excluding hydrogens is 344 g/mol. The fourth-order valence-corrected chi connectivity index (χ4v) is 3.45. The summed E-state index contributed by atoms with van der Waals surface area (Å²) in [5.74, 6) is 0.967. The van der Waals surface area contributed by atoms with Crippen LogP contribution < -0.4 is 4.74 Å². The van der Waals surface area contributed by atoms with Crippen LogP contribution in [-0.2, 0) is 11.3 Å².